The second kappa shape index (κ2) is 29.4. The number of hydrogen-bond donors (Lipinski definition) is 0. The summed E-state index contributed by atoms with van der Waals surface area (Å²) in [6.07, 6.45) is 0. The van der Waals surface area contributed by atoms with Gasteiger partial charge in [0.15, 0.2) is 0 Å². The lowest BCUT2D eigenvalue weighted by atomic mass is 9.86. The van der Waals surface area contributed by atoms with Crippen LogP contribution in [0.5, 0.6) is 0 Å². The fourth-order valence-electron chi connectivity index (χ4n) is 15.9. The van der Waals surface area contributed by atoms with Crippen LogP contribution in [-0.4, -0.2) is 0 Å². The van der Waals surface area contributed by atoms with Gasteiger partial charge < -0.3 is 18.6 Å². The number of para-hydroxylation sites is 2. The minimum atomic E-state index is 0.878. The standard InChI is InChI=1S/C54H37NO.C52H35NO/c1-5-17-38(18-6-1)42-25-15-27-45(33-42)55(46-28-16-26-43(34-46)39-19-7-2-8-20-39)47-36-50(40-21-9-3-10-22-40)54(51(37-47)41-23-11-4-12-24-41)44-31-32-49-48-29-13-14-30-52(48)56-53(49)35-44;1-4-15-36(16-5-1)37-27-30-42(31-28-37)53(49-25-14-22-38-21-10-11-23-44(38)49)43-34-47(39-17-6-2-7-18-39)52(48(35-43)40-19-8-3-9-20-40)41-29-32-46-45-24-12-13-26-50(45)54-51(46)33-41/h1-37H;1-35H. The van der Waals surface area contributed by atoms with Crippen LogP contribution in [0, 0.1) is 0 Å². The summed E-state index contributed by atoms with van der Waals surface area (Å²) in [6, 6.07) is 156. The highest BCUT2D eigenvalue weighted by atomic mass is 16.3. The van der Waals surface area contributed by atoms with Crippen LogP contribution in [0.3, 0.4) is 0 Å². The Balaban J connectivity index is 0.000000149. The van der Waals surface area contributed by atoms with Gasteiger partial charge in [-0.05, 0) is 209 Å². The number of hydrogen-bond acceptors (Lipinski definition) is 4. The quantitative estimate of drug-likeness (QED) is 0.102. The van der Waals surface area contributed by atoms with Gasteiger partial charge in [0.05, 0.1) is 5.69 Å². The Bertz CT molecular complexity index is 6470. The Morgan fingerprint density at radius 2 is 0.455 bits per heavy atom. The molecule has 2 heterocycles. The summed E-state index contributed by atoms with van der Waals surface area (Å²) in [4.78, 5) is 4.83. The van der Waals surface area contributed by atoms with E-state index in [4.69, 9.17) is 8.83 Å². The van der Waals surface area contributed by atoms with Gasteiger partial charge in [-0.3, -0.25) is 0 Å². The summed E-state index contributed by atoms with van der Waals surface area (Å²) in [5.41, 5.74) is 30.8. The molecule has 0 aliphatic heterocycles. The van der Waals surface area contributed by atoms with Gasteiger partial charge in [0, 0.05) is 55.4 Å². The molecular formula is C106H72N2O2. The summed E-state index contributed by atoms with van der Waals surface area (Å²) >= 11 is 0. The SMILES string of the molecule is c1ccc(-c2ccc(N(c3cc(-c4ccccc4)c(-c4ccc5c(c4)oc4ccccc45)c(-c4ccccc4)c3)c3cccc4ccccc34)cc2)cc1.c1ccc(-c2cccc(N(c3cccc(-c4ccccc4)c3)c3cc(-c4ccccc4)c(-c4ccc5c(c4)oc4ccccc45)c(-c4ccccc4)c3)c2)cc1. The lowest BCUT2D eigenvalue weighted by Gasteiger charge is -2.29. The molecule has 4 heteroatoms. The van der Waals surface area contributed by atoms with Crippen molar-refractivity contribution in [3.8, 4) is 100 Å². The molecule has 2 aromatic heterocycles. The molecule has 0 saturated carbocycles. The van der Waals surface area contributed by atoms with E-state index in [9.17, 15) is 0 Å². The van der Waals surface area contributed by atoms with Crippen LogP contribution in [-0.2, 0) is 0 Å². The maximum absolute atomic E-state index is 6.47. The van der Waals surface area contributed by atoms with Gasteiger partial charge in [0.1, 0.15) is 22.3 Å². The molecule has 110 heavy (non-hydrogen) atoms. The lowest BCUT2D eigenvalue weighted by Crippen LogP contribution is -2.11. The van der Waals surface area contributed by atoms with Gasteiger partial charge in [-0.15, -0.1) is 0 Å². The van der Waals surface area contributed by atoms with E-state index < -0.39 is 0 Å². The van der Waals surface area contributed by atoms with E-state index in [0.29, 0.717) is 0 Å². The van der Waals surface area contributed by atoms with E-state index >= 15 is 0 Å². The Labute approximate surface area is 640 Å². The summed E-state index contributed by atoms with van der Waals surface area (Å²) < 4.78 is 12.9. The molecule has 0 radical (unpaired) electrons. The first-order valence-electron chi connectivity index (χ1n) is 37.5. The normalized spacial score (nSPS) is 11.3. The third-order valence-corrected chi connectivity index (χ3v) is 21.1. The van der Waals surface area contributed by atoms with Crippen molar-refractivity contribution in [2.75, 3.05) is 9.80 Å². The van der Waals surface area contributed by atoms with Crippen LogP contribution >= 0.6 is 0 Å². The van der Waals surface area contributed by atoms with Gasteiger partial charge in [-0.2, -0.15) is 0 Å². The van der Waals surface area contributed by atoms with Crippen molar-refractivity contribution < 1.29 is 8.83 Å². The zero-order valence-electron chi connectivity index (χ0n) is 60.3. The third-order valence-electron chi connectivity index (χ3n) is 21.1. The Morgan fingerprint density at radius 1 is 0.155 bits per heavy atom. The van der Waals surface area contributed by atoms with Crippen molar-refractivity contribution in [2.45, 2.75) is 0 Å². The van der Waals surface area contributed by atoms with E-state index in [1.54, 1.807) is 0 Å². The second-order valence-electron chi connectivity index (χ2n) is 27.8. The van der Waals surface area contributed by atoms with Crippen LogP contribution in [0.2, 0.25) is 0 Å². The molecule has 0 N–H and O–H groups in total. The Kier molecular flexibility index (Phi) is 17.7. The van der Waals surface area contributed by atoms with Gasteiger partial charge >= 0.3 is 0 Å². The fraction of sp³-hybridized carbons (Fsp3) is 0. The molecule has 0 unspecified atom stereocenters. The molecule has 0 aliphatic rings. The first-order valence-corrected chi connectivity index (χ1v) is 37.5. The van der Waals surface area contributed by atoms with Gasteiger partial charge in [-0.25, -0.2) is 0 Å². The molecule has 20 aromatic rings. The van der Waals surface area contributed by atoms with Crippen LogP contribution in [0.15, 0.2) is 446 Å². The highest BCUT2D eigenvalue weighted by Gasteiger charge is 2.26. The maximum Gasteiger partial charge on any atom is 0.136 e. The van der Waals surface area contributed by atoms with Crippen molar-refractivity contribution in [3.63, 3.8) is 0 Å². The second-order valence-corrected chi connectivity index (χ2v) is 27.8. The van der Waals surface area contributed by atoms with E-state index in [-0.39, 0.29) is 0 Å². The van der Waals surface area contributed by atoms with E-state index in [1.165, 1.54) is 33.0 Å². The average molecular weight is 1410 g/mol. The van der Waals surface area contributed by atoms with Crippen LogP contribution < -0.4 is 9.80 Å². The molecule has 0 saturated heterocycles. The Hall–Kier alpha value is -14.6. The minimum Gasteiger partial charge on any atom is -0.456 e. The monoisotopic (exact) mass is 1400 g/mol. The largest absolute Gasteiger partial charge is 0.456 e. The molecule has 20 rings (SSSR count). The molecule has 0 amide bonds. The van der Waals surface area contributed by atoms with Gasteiger partial charge in [0.25, 0.3) is 0 Å². The summed E-state index contributed by atoms with van der Waals surface area (Å²) in [5, 5.41) is 6.88. The third kappa shape index (κ3) is 12.9. The number of furan rings is 2. The molecular weight excluding hydrogens is 1330 g/mol. The zero-order valence-corrected chi connectivity index (χ0v) is 60.3. The number of fused-ring (bicyclic) bond motifs is 7. The molecule has 0 fully saturated rings. The van der Waals surface area contributed by atoms with Crippen molar-refractivity contribution in [1.82, 2.24) is 0 Å². The molecule has 0 spiro atoms. The van der Waals surface area contributed by atoms with Crippen molar-refractivity contribution in [1.29, 1.82) is 0 Å². The minimum absolute atomic E-state index is 0.878. The topological polar surface area (TPSA) is 32.8 Å². The highest BCUT2D eigenvalue weighted by Crippen LogP contribution is 2.51. The summed E-state index contributed by atoms with van der Waals surface area (Å²) in [5.74, 6) is 0. The molecule has 4 nitrogen and oxygen atoms in total. The van der Waals surface area contributed by atoms with Crippen molar-refractivity contribution >= 4 is 88.8 Å². The summed E-state index contributed by atoms with van der Waals surface area (Å²) in [7, 11) is 0. The highest BCUT2D eigenvalue weighted by molar-refractivity contribution is 6.10. The smallest absolute Gasteiger partial charge is 0.136 e. The van der Waals surface area contributed by atoms with Crippen LogP contribution in [0.25, 0.3) is 155 Å². The number of nitrogens with zero attached hydrogens (tertiary/aromatic N) is 2. The fourth-order valence-corrected chi connectivity index (χ4v) is 15.9. The first kappa shape index (κ1) is 66.1. The molecule has 0 atom stereocenters. The number of benzene rings is 18. The van der Waals surface area contributed by atoms with Crippen molar-refractivity contribution in [2.24, 2.45) is 0 Å². The van der Waals surface area contributed by atoms with E-state index in [0.717, 1.165) is 156 Å². The number of anilines is 6. The van der Waals surface area contributed by atoms with E-state index in [1.807, 2.05) is 24.3 Å². The molecule has 18 aromatic carbocycles. The maximum atomic E-state index is 6.47. The number of rotatable bonds is 15. The van der Waals surface area contributed by atoms with Crippen LogP contribution in [0.4, 0.5) is 34.1 Å². The van der Waals surface area contributed by atoms with Crippen LogP contribution in [0.1, 0.15) is 0 Å². The zero-order chi connectivity index (χ0) is 73.1. The van der Waals surface area contributed by atoms with E-state index in [2.05, 4.69) is 422 Å². The van der Waals surface area contributed by atoms with Gasteiger partial charge in [-0.1, -0.05) is 334 Å². The summed E-state index contributed by atoms with van der Waals surface area (Å²) in [6.45, 7) is 0. The molecule has 0 bridgehead atoms. The first-order chi connectivity index (χ1) is 54.5. The van der Waals surface area contributed by atoms with Gasteiger partial charge in [0.2, 0.25) is 0 Å². The Morgan fingerprint density at radius 3 is 0.873 bits per heavy atom. The average Bonchev–Trinajstić information content (AvgIpc) is 1.08. The lowest BCUT2D eigenvalue weighted by molar-refractivity contribution is 0.668. The molecule has 0 aliphatic carbocycles. The predicted octanol–water partition coefficient (Wildman–Crippen LogP) is 30.3. The molecule has 518 valence electrons. The predicted molar refractivity (Wildman–Crippen MR) is 463 cm³/mol. The van der Waals surface area contributed by atoms with Crippen molar-refractivity contribution in [3.05, 3.63) is 437 Å².